The first-order chi connectivity index (χ1) is 20.0. The molecule has 8 nitrogen and oxygen atoms in total. The number of carbonyl (C=O) groups excluding carboxylic acids is 5. The van der Waals surface area contributed by atoms with Gasteiger partial charge in [-0.05, 0) is 73.5 Å². The van der Waals surface area contributed by atoms with Crippen molar-refractivity contribution in [2.75, 3.05) is 11.5 Å². The summed E-state index contributed by atoms with van der Waals surface area (Å²) >= 11 is 19.0. The third-order valence-electron chi connectivity index (χ3n) is 7.13. The Morgan fingerprint density at radius 2 is 1.36 bits per heavy atom. The van der Waals surface area contributed by atoms with E-state index >= 15 is 0 Å². The van der Waals surface area contributed by atoms with Gasteiger partial charge in [0.15, 0.2) is 12.4 Å². The van der Waals surface area contributed by atoms with Crippen molar-refractivity contribution in [3.63, 3.8) is 0 Å². The molecule has 0 spiro atoms. The zero-order valence-electron chi connectivity index (χ0n) is 21.6. The van der Waals surface area contributed by atoms with Gasteiger partial charge in [-0.2, -0.15) is 0 Å². The zero-order chi connectivity index (χ0) is 30.1. The first-order valence-electron chi connectivity index (χ1n) is 12.8. The molecule has 1 heterocycles. The Morgan fingerprint density at radius 3 is 1.98 bits per heavy atom. The van der Waals surface area contributed by atoms with Crippen LogP contribution in [0, 0.1) is 11.8 Å². The molecule has 4 atom stereocenters. The van der Waals surface area contributed by atoms with E-state index in [9.17, 15) is 24.0 Å². The highest BCUT2D eigenvalue weighted by Crippen LogP contribution is 2.44. The molecule has 3 aromatic carbocycles. The number of benzene rings is 3. The number of halogens is 4. The SMILES string of the molecule is O=C(COC(=O)c1cccc(N2C(=O)C3CC(Br)C(Br)CC3C2=O)c1)c1ccc(OC(=O)c2ccc(Cl)c(Cl)c2)cc1. The van der Waals surface area contributed by atoms with Crippen LogP contribution in [-0.2, 0) is 14.3 Å². The third kappa shape index (κ3) is 6.32. The lowest BCUT2D eigenvalue weighted by Gasteiger charge is -2.29. The lowest BCUT2D eigenvalue weighted by Crippen LogP contribution is -2.34. The molecule has 2 fully saturated rings. The molecule has 0 N–H and O–H groups in total. The Bertz CT molecular complexity index is 1570. The van der Waals surface area contributed by atoms with Crippen molar-refractivity contribution in [3.05, 3.63) is 93.5 Å². The molecule has 2 aliphatic rings. The van der Waals surface area contributed by atoms with Crippen molar-refractivity contribution in [2.45, 2.75) is 22.5 Å². The molecule has 3 aromatic rings. The van der Waals surface area contributed by atoms with Crippen LogP contribution in [0.2, 0.25) is 10.0 Å². The molecule has 2 amide bonds. The number of rotatable bonds is 7. The fourth-order valence-corrected chi connectivity index (χ4v) is 6.45. The second-order valence-electron chi connectivity index (χ2n) is 9.82. The largest absolute Gasteiger partial charge is 0.454 e. The number of imide groups is 1. The maximum Gasteiger partial charge on any atom is 0.343 e. The molecule has 0 bridgehead atoms. The van der Waals surface area contributed by atoms with Crippen molar-refractivity contribution in [2.24, 2.45) is 11.8 Å². The Balaban J connectivity index is 1.19. The molecule has 1 aliphatic heterocycles. The van der Waals surface area contributed by atoms with E-state index in [1.807, 2.05) is 0 Å². The van der Waals surface area contributed by atoms with Gasteiger partial charge in [0.1, 0.15) is 5.75 Å². The molecule has 12 heteroatoms. The molecular formula is C30H21Br2Cl2NO7. The second-order valence-corrected chi connectivity index (χ2v) is 13.0. The Morgan fingerprint density at radius 1 is 0.762 bits per heavy atom. The number of esters is 2. The Hall–Kier alpha value is -3.05. The van der Waals surface area contributed by atoms with E-state index in [0.717, 1.165) is 4.90 Å². The highest BCUT2D eigenvalue weighted by Gasteiger charge is 2.52. The van der Waals surface area contributed by atoms with Crippen LogP contribution >= 0.6 is 55.1 Å². The summed E-state index contributed by atoms with van der Waals surface area (Å²) in [4.78, 5) is 65.3. The van der Waals surface area contributed by atoms with Gasteiger partial charge in [0.25, 0.3) is 0 Å². The summed E-state index contributed by atoms with van der Waals surface area (Å²) in [7, 11) is 0. The lowest BCUT2D eigenvalue weighted by atomic mass is 9.81. The summed E-state index contributed by atoms with van der Waals surface area (Å²) in [5, 5.41) is 0.519. The highest BCUT2D eigenvalue weighted by molar-refractivity contribution is 9.12. The predicted molar refractivity (Wildman–Crippen MR) is 163 cm³/mol. The highest BCUT2D eigenvalue weighted by atomic mass is 79.9. The van der Waals surface area contributed by atoms with Gasteiger partial charge in [-0.25, -0.2) is 9.59 Å². The Labute approximate surface area is 267 Å². The van der Waals surface area contributed by atoms with Crippen LogP contribution in [0.4, 0.5) is 5.69 Å². The molecule has 42 heavy (non-hydrogen) atoms. The van der Waals surface area contributed by atoms with E-state index in [0.29, 0.717) is 17.9 Å². The molecule has 0 radical (unpaired) electrons. The van der Waals surface area contributed by atoms with Crippen LogP contribution in [-0.4, -0.2) is 45.8 Å². The van der Waals surface area contributed by atoms with Crippen LogP contribution in [0.25, 0.3) is 0 Å². The van der Waals surface area contributed by atoms with E-state index in [4.69, 9.17) is 32.7 Å². The average molecular weight is 738 g/mol. The fraction of sp³-hybridized carbons (Fsp3) is 0.233. The molecule has 1 aliphatic carbocycles. The number of carbonyl (C=O) groups is 5. The van der Waals surface area contributed by atoms with Gasteiger partial charge < -0.3 is 9.47 Å². The van der Waals surface area contributed by atoms with Crippen molar-refractivity contribution in [1.29, 1.82) is 0 Å². The van der Waals surface area contributed by atoms with E-state index in [1.54, 1.807) is 12.1 Å². The number of nitrogens with zero attached hydrogens (tertiary/aromatic N) is 1. The van der Waals surface area contributed by atoms with Crippen molar-refractivity contribution < 1.29 is 33.4 Å². The van der Waals surface area contributed by atoms with E-state index in [1.165, 1.54) is 54.6 Å². The summed E-state index contributed by atoms with van der Waals surface area (Å²) in [6.45, 7) is -0.545. The number of hydrogen-bond acceptors (Lipinski definition) is 7. The number of Topliss-reactive ketones (excluding diaryl/α,β-unsaturated/α-hetero) is 1. The minimum Gasteiger partial charge on any atom is -0.454 e. The maximum atomic E-state index is 13.1. The number of anilines is 1. The van der Waals surface area contributed by atoms with E-state index < -0.39 is 36.2 Å². The quantitative estimate of drug-likeness (QED) is 0.0876. The normalized spacial score (nSPS) is 21.6. The van der Waals surface area contributed by atoms with Crippen LogP contribution in [0.1, 0.15) is 43.9 Å². The van der Waals surface area contributed by atoms with Crippen molar-refractivity contribution in [3.8, 4) is 5.75 Å². The van der Waals surface area contributed by atoms with Crippen LogP contribution in [0.15, 0.2) is 66.7 Å². The van der Waals surface area contributed by atoms with E-state index in [2.05, 4.69) is 31.9 Å². The maximum absolute atomic E-state index is 13.1. The number of amides is 2. The molecule has 1 saturated heterocycles. The predicted octanol–water partition coefficient (Wildman–Crippen LogP) is 6.68. The van der Waals surface area contributed by atoms with Crippen molar-refractivity contribution >= 4 is 90.3 Å². The van der Waals surface area contributed by atoms with Crippen molar-refractivity contribution in [1.82, 2.24) is 0 Å². The van der Waals surface area contributed by atoms with Crippen LogP contribution < -0.4 is 9.64 Å². The van der Waals surface area contributed by atoms with Crippen LogP contribution in [0.5, 0.6) is 5.75 Å². The van der Waals surface area contributed by atoms with Crippen LogP contribution in [0.3, 0.4) is 0 Å². The third-order valence-corrected chi connectivity index (χ3v) is 10.6. The summed E-state index contributed by atoms with van der Waals surface area (Å²) < 4.78 is 10.5. The lowest BCUT2D eigenvalue weighted by molar-refractivity contribution is -0.122. The molecular weight excluding hydrogens is 717 g/mol. The topological polar surface area (TPSA) is 107 Å². The van der Waals surface area contributed by atoms with Gasteiger partial charge in [-0.15, -0.1) is 0 Å². The first kappa shape index (κ1) is 30.4. The minimum absolute atomic E-state index is 0.0782. The van der Waals surface area contributed by atoms with Gasteiger partial charge in [0.05, 0.1) is 38.7 Å². The summed E-state index contributed by atoms with van der Waals surface area (Å²) in [6, 6.07) is 16.1. The number of fused-ring (bicyclic) bond motifs is 1. The van der Waals surface area contributed by atoms with Gasteiger partial charge in [0, 0.05) is 15.2 Å². The van der Waals surface area contributed by atoms with Gasteiger partial charge in [-0.3, -0.25) is 19.3 Å². The Kier molecular flexibility index (Phi) is 9.17. The zero-order valence-corrected chi connectivity index (χ0v) is 26.3. The van der Waals surface area contributed by atoms with Gasteiger partial charge >= 0.3 is 11.9 Å². The van der Waals surface area contributed by atoms with E-state index in [-0.39, 0.29) is 54.6 Å². The molecule has 1 saturated carbocycles. The first-order valence-corrected chi connectivity index (χ1v) is 15.4. The monoisotopic (exact) mass is 735 g/mol. The number of ketones is 1. The number of alkyl halides is 2. The minimum atomic E-state index is -0.782. The number of ether oxygens (including phenoxy) is 2. The van der Waals surface area contributed by atoms with Gasteiger partial charge in [0.2, 0.25) is 11.8 Å². The summed E-state index contributed by atoms with van der Waals surface area (Å²) in [5.74, 6) is -3.15. The smallest absolute Gasteiger partial charge is 0.343 e. The molecule has 4 unspecified atom stereocenters. The second kappa shape index (κ2) is 12.7. The fourth-order valence-electron chi connectivity index (χ4n) is 4.92. The number of hydrogen-bond donors (Lipinski definition) is 0. The van der Waals surface area contributed by atoms with Gasteiger partial charge in [-0.1, -0.05) is 61.1 Å². The summed E-state index contributed by atoms with van der Waals surface area (Å²) in [6.07, 6.45) is 1.07. The summed E-state index contributed by atoms with van der Waals surface area (Å²) in [5.41, 5.74) is 0.815. The average Bonchev–Trinajstić information content (AvgIpc) is 3.21. The standard InChI is InChI=1S/C30H21Br2Cl2NO7/c31-22-12-20-21(13-23(22)32)28(38)35(27(20)37)18-3-1-2-16(10-18)29(39)41-14-26(36)15-4-7-19(8-5-15)42-30(40)17-6-9-24(33)25(34)11-17/h1-11,20-23H,12-14H2. The molecule has 216 valence electrons. The molecule has 0 aromatic heterocycles. The molecule has 5 rings (SSSR count).